The van der Waals surface area contributed by atoms with Gasteiger partial charge in [0.05, 0.1) is 0 Å². The lowest BCUT2D eigenvalue weighted by molar-refractivity contribution is 0.217. The predicted molar refractivity (Wildman–Crippen MR) is 78.5 cm³/mol. The normalized spacial score (nSPS) is 24.6. The Morgan fingerprint density at radius 3 is 2.45 bits per heavy atom. The molecule has 20 heavy (non-hydrogen) atoms. The lowest BCUT2D eigenvalue weighted by Gasteiger charge is -2.34. The zero-order valence-corrected chi connectivity index (χ0v) is 12.5. The van der Waals surface area contributed by atoms with E-state index in [0.717, 1.165) is 25.3 Å². The molecule has 3 heteroatoms. The minimum absolute atomic E-state index is 0.0616. The van der Waals surface area contributed by atoms with Crippen molar-refractivity contribution in [2.45, 2.75) is 52.0 Å². The van der Waals surface area contributed by atoms with Gasteiger partial charge in [0.15, 0.2) is 0 Å². The van der Waals surface area contributed by atoms with Crippen LogP contribution in [-0.4, -0.2) is 6.54 Å². The summed E-state index contributed by atoms with van der Waals surface area (Å²) in [7, 11) is 0. The van der Waals surface area contributed by atoms with E-state index in [4.69, 9.17) is 0 Å². The first-order valence-corrected chi connectivity index (χ1v) is 7.84. The van der Waals surface area contributed by atoms with Crippen LogP contribution >= 0.6 is 0 Å². The third kappa shape index (κ3) is 3.57. The third-order valence-corrected chi connectivity index (χ3v) is 4.66. The van der Waals surface area contributed by atoms with Gasteiger partial charge >= 0.3 is 0 Å². The van der Waals surface area contributed by atoms with E-state index in [1.807, 2.05) is 6.92 Å². The molecule has 1 unspecified atom stereocenters. The summed E-state index contributed by atoms with van der Waals surface area (Å²) in [6.45, 7) is 5.02. The average molecular weight is 281 g/mol. The van der Waals surface area contributed by atoms with E-state index in [2.05, 4.69) is 12.2 Å². The Morgan fingerprint density at radius 1 is 1.15 bits per heavy atom. The number of benzene rings is 1. The second-order valence-electron chi connectivity index (χ2n) is 5.89. The topological polar surface area (TPSA) is 12.0 Å². The van der Waals surface area contributed by atoms with Gasteiger partial charge in [-0.25, -0.2) is 8.78 Å². The van der Waals surface area contributed by atoms with Gasteiger partial charge in [-0.05, 0) is 49.4 Å². The molecular formula is C17H25F2N. The first-order chi connectivity index (χ1) is 9.65. The van der Waals surface area contributed by atoms with Crippen LogP contribution in [-0.2, 0) is 0 Å². The summed E-state index contributed by atoms with van der Waals surface area (Å²) >= 11 is 0. The second kappa shape index (κ2) is 7.16. The van der Waals surface area contributed by atoms with Gasteiger partial charge in [0.1, 0.15) is 11.6 Å². The molecule has 1 aliphatic rings. The van der Waals surface area contributed by atoms with E-state index in [1.54, 1.807) is 0 Å². The van der Waals surface area contributed by atoms with Gasteiger partial charge in [0, 0.05) is 11.6 Å². The smallest absolute Gasteiger partial charge is 0.128 e. The highest BCUT2D eigenvalue weighted by molar-refractivity contribution is 5.23. The predicted octanol–water partition coefficient (Wildman–Crippen LogP) is 4.83. The molecule has 1 fully saturated rings. The van der Waals surface area contributed by atoms with Crippen molar-refractivity contribution in [3.8, 4) is 0 Å². The van der Waals surface area contributed by atoms with Crippen LogP contribution in [0.5, 0.6) is 0 Å². The highest BCUT2D eigenvalue weighted by atomic mass is 19.1. The summed E-state index contributed by atoms with van der Waals surface area (Å²) in [4.78, 5) is 0. The number of hydrogen-bond donors (Lipinski definition) is 1. The molecule has 1 nitrogen and oxygen atoms in total. The fourth-order valence-corrected chi connectivity index (χ4v) is 3.43. The molecular weight excluding hydrogens is 256 g/mol. The molecule has 0 radical (unpaired) electrons. The van der Waals surface area contributed by atoms with Crippen LogP contribution in [0.1, 0.15) is 57.6 Å². The van der Waals surface area contributed by atoms with Crippen molar-refractivity contribution in [2.75, 3.05) is 6.54 Å². The summed E-state index contributed by atoms with van der Waals surface area (Å²) in [6.07, 6.45) is 5.85. The largest absolute Gasteiger partial charge is 0.310 e. The molecule has 0 bridgehead atoms. The van der Waals surface area contributed by atoms with Gasteiger partial charge in [-0.1, -0.05) is 33.1 Å². The molecule has 1 saturated carbocycles. The molecule has 1 N–H and O–H groups in total. The van der Waals surface area contributed by atoms with Gasteiger partial charge in [0.2, 0.25) is 0 Å². The van der Waals surface area contributed by atoms with E-state index in [1.165, 1.54) is 37.5 Å². The molecule has 1 atom stereocenters. The molecule has 0 amide bonds. The third-order valence-electron chi connectivity index (χ3n) is 4.66. The summed E-state index contributed by atoms with van der Waals surface area (Å²) in [5, 5.41) is 3.36. The highest BCUT2D eigenvalue weighted by Gasteiger charge is 2.29. The fraction of sp³-hybridized carbons (Fsp3) is 0.647. The van der Waals surface area contributed by atoms with Gasteiger partial charge < -0.3 is 5.32 Å². The van der Waals surface area contributed by atoms with E-state index < -0.39 is 0 Å². The average Bonchev–Trinajstić information content (AvgIpc) is 2.48. The Labute approximate surface area is 120 Å². The van der Waals surface area contributed by atoms with E-state index in [-0.39, 0.29) is 17.7 Å². The van der Waals surface area contributed by atoms with Gasteiger partial charge in [-0.2, -0.15) is 0 Å². The Bertz CT molecular complexity index is 425. The molecule has 0 aromatic heterocycles. The SMILES string of the molecule is CCNC(c1cc(F)ccc1F)C1CCC(CC)CC1. The van der Waals surface area contributed by atoms with Gasteiger partial charge in [-0.15, -0.1) is 0 Å². The number of nitrogens with one attached hydrogen (secondary N) is 1. The standard InChI is InChI=1S/C17H25F2N/c1-3-12-5-7-13(8-6-12)17(20-4-2)15-11-14(18)9-10-16(15)19/h9-13,17,20H,3-8H2,1-2H3. The molecule has 0 saturated heterocycles. The molecule has 0 heterocycles. The van der Waals surface area contributed by atoms with Crippen LogP contribution in [0.3, 0.4) is 0 Å². The Hall–Kier alpha value is -0.960. The van der Waals surface area contributed by atoms with Crippen molar-refractivity contribution < 1.29 is 8.78 Å². The molecule has 112 valence electrons. The molecule has 1 aromatic rings. The summed E-state index contributed by atoms with van der Waals surface area (Å²) in [6, 6.07) is 3.73. The van der Waals surface area contributed by atoms with Crippen LogP contribution < -0.4 is 5.32 Å². The van der Waals surface area contributed by atoms with E-state index >= 15 is 0 Å². The van der Waals surface area contributed by atoms with Gasteiger partial charge in [0.25, 0.3) is 0 Å². The minimum Gasteiger partial charge on any atom is -0.310 e. The Morgan fingerprint density at radius 2 is 1.85 bits per heavy atom. The maximum absolute atomic E-state index is 14.0. The van der Waals surface area contributed by atoms with Crippen LogP contribution in [0.15, 0.2) is 18.2 Å². The van der Waals surface area contributed by atoms with Crippen molar-refractivity contribution in [3.05, 3.63) is 35.4 Å². The zero-order valence-electron chi connectivity index (χ0n) is 12.5. The quantitative estimate of drug-likeness (QED) is 0.815. The van der Waals surface area contributed by atoms with E-state index in [9.17, 15) is 8.78 Å². The molecule has 0 spiro atoms. The Balaban J connectivity index is 2.16. The monoisotopic (exact) mass is 281 g/mol. The number of rotatable bonds is 5. The zero-order chi connectivity index (χ0) is 14.5. The van der Waals surface area contributed by atoms with Crippen molar-refractivity contribution in [1.29, 1.82) is 0 Å². The summed E-state index contributed by atoms with van der Waals surface area (Å²) < 4.78 is 27.5. The highest BCUT2D eigenvalue weighted by Crippen LogP contribution is 2.38. The van der Waals surface area contributed by atoms with Crippen molar-refractivity contribution >= 4 is 0 Å². The van der Waals surface area contributed by atoms with Crippen molar-refractivity contribution in [1.82, 2.24) is 5.32 Å². The first-order valence-electron chi connectivity index (χ1n) is 7.84. The van der Waals surface area contributed by atoms with Crippen LogP contribution in [0.25, 0.3) is 0 Å². The summed E-state index contributed by atoms with van der Waals surface area (Å²) in [5.41, 5.74) is 0.492. The van der Waals surface area contributed by atoms with Crippen molar-refractivity contribution in [2.24, 2.45) is 11.8 Å². The van der Waals surface area contributed by atoms with Gasteiger partial charge in [-0.3, -0.25) is 0 Å². The maximum atomic E-state index is 14.0. The molecule has 0 aliphatic heterocycles. The number of hydrogen-bond acceptors (Lipinski definition) is 1. The first kappa shape index (κ1) is 15.4. The lowest BCUT2D eigenvalue weighted by atomic mass is 9.76. The molecule has 1 aliphatic carbocycles. The van der Waals surface area contributed by atoms with Crippen LogP contribution in [0.4, 0.5) is 8.78 Å². The van der Waals surface area contributed by atoms with Crippen molar-refractivity contribution in [3.63, 3.8) is 0 Å². The Kier molecular flexibility index (Phi) is 5.53. The minimum atomic E-state index is -0.355. The van der Waals surface area contributed by atoms with Crippen LogP contribution in [0.2, 0.25) is 0 Å². The lowest BCUT2D eigenvalue weighted by Crippen LogP contribution is -2.31. The van der Waals surface area contributed by atoms with Crippen LogP contribution in [0, 0.1) is 23.5 Å². The second-order valence-corrected chi connectivity index (χ2v) is 5.89. The van der Waals surface area contributed by atoms with E-state index in [0.29, 0.717) is 11.5 Å². The fourth-order valence-electron chi connectivity index (χ4n) is 3.43. The molecule has 1 aromatic carbocycles. The number of halogens is 2. The molecule has 2 rings (SSSR count). The maximum Gasteiger partial charge on any atom is 0.128 e. The summed E-state index contributed by atoms with van der Waals surface area (Å²) in [5.74, 6) is 0.571.